The van der Waals surface area contributed by atoms with Crippen LogP contribution in [0.15, 0.2) is 24.5 Å². The Morgan fingerprint density at radius 1 is 1.10 bits per heavy atom. The molecule has 0 saturated heterocycles. The van der Waals surface area contributed by atoms with E-state index >= 15 is 0 Å². The molecule has 3 rings (SSSR count). The fourth-order valence-electron chi connectivity index (χ4n) is 1.66. The van der Waals surface area contributed by atoms with Crippen molar-refractivity contribution in [2.24, 2.45) is 0 Å². The van der Waals surface area contributed by atoms with Crippen LogP contribution in [0.4, 0.5) is 15.9 Å². The summed E-state index contributed by atoms with van der Waals surface area (Å²) < 4.78 is 14.6. The van der Waals surface area contributed by atoms with Crippen LogP contribution in [0.25, 0.3) is 5.78 Å². The van der Waals surface area contributed by atoms with Gasteiger partial charge in [0.15, 0.2) is 0 Å². The van der Waals surface area contributed by atoms with Gasteiger partial charge in [-0.15, -0.1) is 0 Å². The summed E-state index contributed by atoms with van der Waals surface area (Å²) in [4.78, 5) is 7.92. The van der Waals surface area contributed by atoms with Gasteiger partial charge in [-0.25, -0.2) is 4.39 Å². The van der Waals surface area contributed by atoms with Crippen molar-refractivity contribution >= 4 is 52.1 Å². The monoisotopic (exact) mass is 331 g/mol. The second kappa shape index (κ2) is 5.05. The zero-order chi connectivity index (χ0) is 14.3. The topological polar surface area (TPSA) is 55.1 Å². The van der Waals surface area contributed by atoms with Gasteiger partial charge in [0, 0.05) is 6.07 Å². The fourth-order valence-corrected chi connectivity index (χ4v) is 2.40. The molecule has 0 bridgehead atoms. The number of hydrogen-bond acceptors (Lipinski definition) is 4. The summed E-state index contributed by atoms with van der Waals surface area (Å²) in [6, 6.07) is 3.83. The summed E-state index contributed by atoms with van der Waals surface area (Å²) in [7, 11) is 0. The van der Waals surface area contributed by atoms with Gasteiger partial charge in [0.2, 0.25) is 0 Å². The van der Waals surface area contributed by atoms with Gasteiger partial charge < -0.3 is 5.32 Å². The molecule has 20 heavy (non-hydrogen) atoms. The molecule has 102 valence electrons. The minimum absolute atomic E-state index is 0.135. The second-order valence-electron chi connectivity index (χ2n) is 3.81. The zero-order valence-corrected chi connectivity index (χ0v) is 11.9. The maximum absolute atomic E-state index is 13.2. The molecule has 1 N–H and O–H groups in total. The molecule has 0 spiro atoms. The normalized spacial score (nSPS) is 11.0. The lowest BCUT2D eigenvalue weighted by Gasteiger charge is -2.11. The lowest BCUT2D eigenvalue weighted by Crippen LogP contribution is -2.02. The van der Waals surface area contributed by atoms with Gasteiger partial charge in [0.1, 0.15) is 23.1 Å². The van der Waals surface area contributed by atoms with Crippen molar-refractivity contribution in [3.05, 3.63) is 45.5 Å². The van der Waals surface area contributed by atoms with Crippen LogP contribution < -0.4 is 5.32 Å². The molecule has 2 heterocycles. The minimum Gasteiger partial charge on any atom is -0.338 e. The van der Waals surface area contributed by atoms with Crippen molar-refractivity contribution in [1.29, 1.82) is 0 Å². The van der Waals surface area contributed by atoms with Crippen LogP contribution in [0.5, 0.6) is 0 Å². The fraction of sp³-hybridized carbons (Fsp3) is 0. The van der Waals surface area contributed by atoms with Gasteiger partial charge in [0.25, 0.3) is 5.78 Å². The van der Waals surface area contributed by atoms with Crippen LogP contribution in [0, 0.1) is 5.82 Å². The molecule has 0 aliphatic rings. The van der Waals surface area contributed by atoms with E-state index in [4.69, 9.17) is 34.8 Å². The number of hydrogen-bond donors (Lipinski definition) is 1. The van der Waals surface area contributed by atoms with Crippen molar-refractivity contribution in [3.8, 4) is 0 Å². The molecule has 0 unspecified atom stereocenters. The maximum Gasteiger partial charge on any atom is 0.255 e. The molecular formula is C11H5Cl3FN5. The molecule has 1 aromatic carbocycles. The van der Waals surface area contributed by atoms with E-state index in [1.54, 1.807) is 0 Å². The first kappa shape index (κ1) is 13.4. The molecule has 2 aromatic heterocycles. The Hall–Kier alpha value is -1.63. The van der Waals surface area contributed by atoms with Gasteiger partial charge >= 0.3 is 0 Å². The van der Waals surface area contributed by atoms with E-state index in [0.717, 1.165) is 12.1 Å². The Kier molecular flexibility index (Phi) is 3.37. The minimum atomic E-state index is -0.524. The van der Waals surface area contributed by atoms with Crippen molar-refractivity contribution in [1.82, 2.24) is 19.6 Å². The Bertz CT molecular complexity index is 781. The number of rotatable bonds is 2. The van der Waals surface area contributed by atoms with Gasteiger partial charge in [-0.1, -0.05) is 34.8 Å². The highest BCUT2D eigenvalue weighted by Crippen LogP contribution is 2.34. The van der Waals surface area contributed by atoms with Crippen LogP contribution in [-0.2, 0) is 0 Å². The standard InChI is InChI=1S/C11H5Cl3FN5/c12-6-1-5(15)2-7(13)10(6)19-9-3-8(14)18-11-16-4-17-20(9)11/h1-4,19H. The van der Waals surface area contributed by atoms with Crippen molar-refractivity contribution in [2.45, 2.75) is 0 Å². The number of fused-ring (bicyclic) bond motifs is 1. The molecule has 9 heteroatoms. The zero-order valence-electron chi connectivity index (χ0n) is 9.61. The lowest BCUT2D eigenvalue weighted by molar-refractivity contribution is 0.628. The Labute approximate surface area is 127 Å². The number of aromatic nitrogens is 4. The molecule has 0 saturated carbocycles. The van der Waals surface area contributed by atoms with Gasteiger partial charge in [0.05, 0.1) is 15.7 Å². The highest BCUT2D eigenvalue weighted by molar-refractivity contribution is 6.39. The number of nitrogens with zero attached hydrogens (tertiary/aromatic N) is 4. The first-order valence-corrected chi connectivity index (χ1v) is 6.46. The first-order valence-electron chi connectivity index (χ1n) is 5.32. The van der Waals surface area contributed by atoms with Gasteiger partial charge in [-0.3, -0.25) is 0 Å². The maximum atomic E-state index is 13.2. The third-order valence-corrected chi connectivity index (χ3v) is 3.27. The van der Waals surface area contributed by atoms with E-state index in [1.807, 2.05) is 0 Å². The van der Waals surface area contributed by atoms with Crippen molar-refractivity contribution in [3.63, 3.8) is 0 Å². The van der Waals surface area contributed by atoms with Crippen molar-refractivity contribution in [2.75, 3.05) is 5.32 Å². The third-order valence-electron chi connectivity index (χ3n) is 2.48. The highest BCUT2D eigenvalue weighted by atomic mass is 35.5. The number of halogens is 4. The van der Waals surface area contributed by atoms with E-state index < -0.39 is 5.82 Å². The SMILES string of the molecule is Fc1cc(Cl)c(Nc2cc(Cl)nc3ncnn23)c(Cl)c1. The van der Waals surface area contributed by atoms with Crippen LogP contribution in [0.2, 0.25) is 15.2 Å². The van der Waals surface area contributed by atoms with Crippen LogP contribution >= 0.6 is 34.8 Å². The Morgan fingerprint density at radius 3 is 2.50 bits per heavy atom. The Balaban J connectivity index is 2.12. The molecule has 0 radical (unpaired) electrons. The molecule has 0 fully saturated rings. The molecule has 0 atom stereocenters. The average molecular weight is 333 g/mol. The summed E-state index contributed by atoms with van der Waals surface area (Å²) in [6.45, 7) is 0. The molecule has 0 amide bonds. The smallest absolute Gasteiger partial charge is 0.255 e. The second-order valence-corrected chi connectivity index (χ2v) is 5.01. The summed E-state index contributed by atoms with van der Waals surface area (Å²) in [5, 5.41) is 7.43. The van der Waals surface area contributed by atoms with E-state index in [2.05, 4.69) is 20.4 Å². The molecular weight excluding hydrogens is 328 g/mol. The summed E-state index contributed by atoms with van der Waals surface area (Å²) in [5.74, 6) is 0.242. The first-order chi connectivity index (χ1) is 9.54. The summed E-state index contributed by atoms with van der Waals surface area (Å²) in [5.41, 5.74) is 0.341. The van der Waals surface area contributed by atoms with E-state index in [1.165, 1.54) is 16.9 Å². The Morgan fingerprint density at radius 2 is 1.80 bits per heavy atom. The van der Waals surface area contributed by atoms with Crippen LogP contribution in [-0.4, -0.2) is 19.6 Å². The third kappa shape index (κ3) is 2.37. The molecule has 5 nitrogen and oxygen atoms in total. The largest absolute Gasteiger partial charge is 0.338 e. The molecule has 0 aliphatic carbocycles. The number of anilines is 2. The summed E-state index contributed by atoms with van der Waals surface area (Å²) in [6.07, 6.45) is 1.33. The predicted octanol–water partition coefficient (Wildman–Crippen LogP) is 3.97. The summed E-state index contributed by atoms with van der Waals surface area (Å²) >= 11 is 17.8. The van der Waals surface area contributed by atoms with Gasteiger partial charge in [-0.2, -0.15) is 19.6 Å². The predicted molar refractivity (Wildman–Crippen MR) is 75.5 cm³/mol. The number of benzene rings is 1. The number of nitrogens with one attached hydrogen (secondary N) is 1. The average Bonchev–Trinajstić information content (AvgIpc) is 2.81. The van der Waals surface area contributed by atoms with E-state index in [0.29, 0.717) is 17.3 Å². The van der Waals surface area contributed by atoms with Crippen LogP contribution in [0.1, 0.15) is 0 Å². The molecule has 0 aliphatic heterocycles. The van der Waals surface area contributed by atoms with E-state index in [-0.39, 0.29) is 15.2 Å². The van der Waals surface area contributed by atoms with E-state index in [9.17, 15) is 4.39 Å². The van der Waals surface area contributed by atoms with Crippen molar-refractivity contribution < 1.29 is 4.39 Å². The lowest BCUT2D eigenvalue weighted by atomic mass is 10.3. The quantitative estimate of drug-likeness (QED) is 0.722. The molecule has 3 aromatic rings. The van der Waals surface area contributed by atoms with Gasteiger partial charge in [-0.05, 0) is 12.1 Å². The highest BCUT2D eigenvalue weighted by Gasteiger charge is 2.12. The van der Waals surface area contributed by atoms with Crippen LogP contribution in [0.3, 0.4) is 0 Å².